The first-order valence-electron chi connectivity index (χ1n) is 6.80. The van der Waals surface area contributed by atoms with Crippen molar-refractivity contribution in [1.29, 1.82) is 0 Å². The molecule has 1 unspecified atom stereocenters. The largest absolute Gasteiger partial charge is 0.309 e. The number of pyridine rings is 1. The van der Waals surface area contributed by atoms with Gasteiger partial charge in [-0.25, -0.2) is 0 Å². The molecule has 0 spiro atoms. The van der Waals surface area contributed by atoms with E-state index in [0.29, 0.717) is 12.0 Å². The number of hydrogen-bond acceptors (Lipinski definition) is 2. The quantitative estimate of drug-likeness (QED) is 0.810. The second-order valence-corrected chi connectivity index (χ2v) is 4.83. The zero-order valence-corrected chi connectivity index (χ0v) is 11.9. The van der Waals surface area contributed by atoms with Crippen LogP contribution in [-0.4, -0.2) is 11.5 Å². The Bertz CT molecular complexity index is 343. The average molecular weight is 234 g/mol. The van der Waals surface area contributed by atoms with Crippen molar-refractivity contribution in [2.75, 3.05) is 6.54 Å². The summed E-state index contributed by atoms with van der Waals surface area (Å²) in [6.07, 6.45) is 4.38. The van der Waals surface area contributed by atoms with E-state index in [0.717, 1.165) is 6.54 Å². The van der Waals surface area contributed by atoms with Crippen LogP contribution in [-0.2, 0) is 0 Å². The number of rotatable bonds is 6. The van der Waals surface area contributed by atoms with Crippen molar-refractivity contribution in [1.82, 2.24) is 10.3 Å². The number of aryl methyl sites for hydroxylation is 2. The molecule has 0 bridgehead atoms. The lowest BCUT2D eigenvalue weighted by atomic mass is 9.89. The van der Waals surface area contributed by atoms with Crippen LogP contribution in [0.3, 0.4) is 0 Å². The van der Waals surface area contributed by atoms with Gasteiger partial charge in [0.15, 0.2) is 0 Å². The highest BCUT2D eigenvalue weighted by atomic mass is 14.9. The van der Waals surface area contributed by atoms with Gasteiger partial charge in [-0.15, -0.1) is 0 Å². The number of aromatic nitrogens is 1. The van der Waals surface area contributed by atoms with Crippen LogP contribution in [0.2, 0.25) is 0 Å². The number of nitrogens with one attached hydrogen (secondary N) is 1. The first-order valence-corrected chi connectivity index (χ1v) is 6.80. The van der Waals surface area contributed by atoms with Crippen molar-refractivity contribution in [2.24, 2.45) is 5.92 Å². The Morgan fingerprint density at radius 3 is 2.29 bits per heavy atom. The predicted molar refractivity (Wildman–Crippen MR) is 74.2 cm³/mol. The molecule has 1 aromatic heterocycles. The van der Waals surface area contributed by atoms with Gasteiger partial charge in [0.2, 0.25) is 0 Å². The molecule has 0 aliphatic heterocycles. The Labute approximate surface area is 106 Å². The highest BCUT2D eigenvalue weighted by Crippen LogP contribution is 2.28. The topological polar surface area (TPSA) is 24.9 Å². The van der Waals surface area contributed by atoms with Gasteiger partial charge in [0.25, 0.3) is 0 Å². The summed E-state index contributed by atoms with van der Waals surface area (Å²) in [6, 6.07) is 2.63. The third-order valence-electron chi connectivity index (χ3n) is 3.49. The van der Waals surface area contributed by atoms with E-state index in [1.165, 1.54) is 29.7 Å². The summed E-state index contributed by atoms with van der Waals surface area (Å²) in [6.45, 7) is 12.0. The van der Waals surface area contributed by atoms with Gasteiger partial charge < -0.3 is 5.32 Å². The van der Waals surface area contributed by atoms with Gasteiger partial charge in [-0.1, -0.05) is 39.7 Å². The van der Waals surface area contributed by atoms with Crippen LogP contribution < -0.4 is 5.32 Å². The molecule has 17 heavy (non-hydrogen) atoms. The van der Waals surface area contributed by atoms with Crippen molar-refractivity contribution < 1.29 is 0 Å². The first kappa shape index (κ1) is 14.2. The molecular formula is C15H26N2. The van der Waals surface area contributed by atoms with E-state index in [1.807, 2.05) is 6.20 Å². The van der Waals surface area contributed by atoms with Gasteiger partial charge >= 0.3 is 0 Å². The van der Waals surface area contributed by atoms with Crippen molar-refractivity contribution in [3.8, 4) is 0 Å². The predicted octanol–water partition coefficient (Wildman–Crippen LogP) is 3.79. The Morgan fingerprint density at radius 1 is 1.18 bits per heavy atom. The maximum absolute atomic E-state index is 4.65. The van der Waals surface area contributed by atoms with Crippen LogP contribution in [0.5, 0.6) is 0 Å². The number of hydrogen-bond donors (Lipinski definition) is 1. The normalized spacial score (nSPS) is 13.1. The average Bonchev–Trinajstić information content (AvgIpc) is 2.30. The number of nitrogens with zero attached hydrogens (tertiary/aromatic N) is 1. The summed E-state index contributed by atoms with van der Waals surface area (Å²) in [5, 5.41) is 3.60. The Hall–Kier alpha value is -0.890. The fourth-order valence-electron chi connectivity index (χ4n) is 2.52. The second-order valence-electron chi connectivity index (χ2n) is 4.83. The smallest absolute Gasteiger partial charge is 0.0605 e. The Kier molecular flexibility index (Phi) is 5.63. The van der Waals surface area contributed by atoms with Gasteiger partial charge in [0.05, 0.1) is 11.7 Å². The van der Waals surface area contributed by atoms with Crippen LogP contribution in [0, 0.1) is 19.8 Å². The molecule has 2 heteroatoms. The molecule has 0 saturated heterocycles. The molecule has 0 saturated carbocycles. The molecule has 0 radical (unpaired) electrons. The second kappa shape index (κ2) is 6.75. The summed E-state index contributed by atoms with van der Waals surface area (Å²) in [5.74, 6) is 0.670. The van der Waals surface area contributed by atoms with E-state index >= 15 is 0 Å². The van der Waals surface area contributed by atoms with E-state index in [4.69, 9.17) is 0 Å². The maximum atomic E-state index is 4.65. The molecule has 1 heterocycles. The fourth-order valence-corrected chi connectivity index (χ4v) is 2.52. The van der Waals surface area contributed by atoms with E-state index in [1.54, 1.807) is 0 Å². The van der Waals surface area contributed by atoms with Crippen LogP contribution in [0.25, 0.3) is 0 Å². The zero-order valence-electron chi connectivity index (χ0n) is 11.9. The van der Waals surface area contributed by atoms with Crippen LogP contribution in [0.1, 0.15) is 56.5 Å². The van der Waals surface area contributed by atoms with Gasteiger partial charge in [0.1, 0.15) is 0 Å². The summed E-state index contributed by atoms with van der Waals surface area (Å²) >= 11 is 0. The molecular weight excluding hydrogens is 208 g/mol. The van der Waals surface area contributed by atoms with E-state index in [2.05, 4.69) is 51.0 Å². The van der Waals surface area contributed by atoms with Crippen molar-refractivity contribution in [3.63, 3.8) is 0 Å². The highest BCUT2D eigenvalue weighted by Gasteiger charge is 2.22. The van der Waals surface area contributed by atoms with E-state index in [9.17, 15) is 0 Å². The minimum atomic E-state index is 0.399. The minimum Gasteiger partial charge on any atom is -0.309 e. The molecule has 0 aliphatic carbocycles. The van der Waals surface area contributed by atoms with Crippen molar-refractivity contribution >= 4 is 0 Å². The van der Waals surface area contributed by atoms with Gasteiger partial charge in [-0.2, -0.15) is 0 Å². The monoisotopic (exact) mass is 234 g/mol. The maximum Gasteiger partial charge on any atom is 0.0605 e. The highest BCUT2D eigenvalue weighted by molar-refractivity contribution is 5.26. The van der Waals surface area contributed by atoms with E-state index < -0.39 is 0 Å². The van der Waals surface area contributed by atoms with Gasteiger partial charge in [-0.05, 0) is 37.4 Å². The molecule has 96 valence electrons. The minimum absolute atomic E-state index is 0.399. The summed E-state index contributed by atoms with van der Waals surface area (Å²) in [4.78, 5) is 4.65. The zero-order chi connectivity index (χ0) is 12.8. The lowest BCUT2D eigenvalue weighted by molar-refractivity contribution is 0.339. The molecule has 1 atom stereocenters. The third kappa shape index (κ3) is 3.53. The molecule has 0 aliphatic rings. The van der Waals surface area contributed by atoms with Crippen molar-refractivity contribution in [3.05, 3.63) is 29.1 Å². The van der Waals surface area contributed by atoms with E-state index in [-0.39, 0.29) is 0 Å². The molecule has 0 fully saturated rings. The Balaban J connectivity index is 3.03. The molecule has 2 nitrogen and oxygen atoms in total. The third-order valence-corrected chi connectivity index (χ3v) is 3.49. The van der Waals surface area contributed by atoms with Crippen LogP contribution >= 0.6 is 0 Å². The fraction of sp³-hybridized carbons (Fsp3) is 0.667. The van der Waals surface area contributed by atoms with Crippen LogP contribution in [0.4, 0.5) is 0 Å². The van der Waals surface area contributed by atoms with Gasteiger partial charge in [0, 0.05) is 6.20 Å². The first-order chi connectivity index (χ1) is 8.13. The summed E-state index contributed by atoms with van der Waals surface area (Å²) in [5.41, 5.74) is 3.78. The molecule has 1 N–H and O–H groups in total. The Morgan fingerprint density at radius 2 is 1.82 bits per heavy atom. The molecule has 1 rings (SSSR count). The summed E-state index contributed by atoms with van der Waals surface area (Å²) in [7, 11) is 0. The molecule has 0 aromatic carbocycles. The standard InChI is InChI=1S/C15H26N2/c1-6-13(7-2)15(16-8-3)14-12(5)9-11(4)10-17-14/h9-10,13,15-16H,6-8H2,1-5H3. The SMILES string of the molecule is CCNC(c1ncc(C)cc1C)C(CC)CC. The van der Waals surface area contributed by atoms with Crippen LogP contribution in [0.15, 0.2) is 12.3 Å². The lowest BCUT2D eigenvalue weighted by Crippen LogP contribution is -2.29. The molecule has 1 aromatic rings. The molecule has 0 amide bonds. The van der Waals surface area contributed by atoms with Crippen molar-refractivity contribution in [2.45, 2.75) is 53.5 Å². The summed E-state index contributed by atoms with van der Waals surface area (Å²) < 4.78 is 0. The van der Waals surface area contributed by atoms with Gasteiger partial charge in [-0.3, -0.25) is 4.98 Å². The lowest BCUT2D eigenvalue weighted by Gasteiger charge is -2.27.